The third-order valence-electron chi connectivity index (χ3n) is 1.93. The Labute approximate surface area is 100.0 Å². The van der Waals surface area contributed by atoms with Gasteiger partial charge in [0.05, 0.1) is 0 Å². The molecule has 6 nitrogen and oxygen atoms in total. The van der Waals surface area contributed by atoms with Gasteiger partial charge in [-0.3, -0.25) is 4.79 Å². The number of rotatable bonds is 7. The van der Waals surface area contributed by atoms with Gasteiger partial charge in [-0.05, 0) is 32.4 Å². The maximum absolute atomic E-state index is 11.3. The Morgan fingerprint density at radius 2 is 1.88 bits per heavy atom. The Hall–Kier alpha value is -1.53. The highest BCUT2D eigenvalue weighted by atomic mass is 16.6. The fourth-order valence-electron chi connectivity index (χ4n) is 1.02. The van der Waals surface area contributed by atoms with Gasteiger partial charge < -0.3 is 16.2 Å². The normalized spacial score (nSPS) is 12.4. The summed E-state index contributed by atoms with van der Waals surface area (Å²) < 4.78 is 4.42. The average molecular weight is 242 g/mol. The molecule has 0 saturated heterocycles. The summed E-state index contributed by atoms with van der Waals surface area (Å²) in [6.07, 6.45) is 3.80. The van der Waals surface area contributed by atoms with E-state index in [1.165, 1.54) is 6.92 Å². The van der Waals surface area contributed by atoms with Crippen LogP contribution in [0.5, 0.6) is 0 Å². The number of carbonyl (C=O) groups is 3. The van der Waals surface area contributed by atoms with Gasteiger partial charge in [-0.2, -0.15) is 0 Å². The largest absolute Gasteiger partial charge is 0.389 e. The van der Waals surface area contributed by atoms with Gasteiger partial charge in [-0.1, -0.05) is 6.42 Å². The first kappa shape index (κ1) is 15.5. The molecule has 0 amide bonds. The molecular weight excluding hydrogens is 224 g/mol. The van der Waals surface area contributed by atoms with E-state index in [1.54, 1.807) is 0 Å². The molecule has 0 aliphatic rings. The Balaban J connectivity index is 3.98. The average Bonchev–Trinajstić information content (AvgIpc) is 2.26. The van der Waals surface area contributed by atoms with Crippen molar-refractivity contribution in [3.05, 3.63) is 12.2 Å². The van der Waals surface area contributed by atoms with Crippen LogP contribution in [-0.2, 0) is 19.1 Å². The summed E-state index contributed by atoms with van der Waals surface area (Å²) in [5.41, 5.74) is 10.8. The highest BCUT2D eigenvalue weighted by Gasteiger charge is 2.16. The number of nitrogens with two attached hydrogens (primary N) is 2. The number of ketones is 1. The van der Waals surface area contributed by atoms with Crippen LogP contribution in [0, 0.1) is 0 Å². The Bertz CT molecular complexity index is 313. The summed E-state index contributed by atoms with van der Waals surface area (Å²) in [6.45, 7) is 1.81. The first-order valence-electron chi connectivity index (χ1n) is 5.37. The van der Waals surface area contributed by atoms with Crippen LogP contribution in [-0.4, -0.2) is 30.3 Å². The Morgan fingerprint density at radius 1 is 1.24 bits per heavy atom. The lowest BCUT2D eigenvalue weighted by Gasteiger charge is -2.08. The first-order chi connectivity index (χ1) is 7.97. The van der Waals surface area contributed by atoms with Crippen molar-refractivity contribution < 1.29 is 19.1 Å². The van der Waals surface area contributed by atoms with Crippen LogP contribution in [0.2, 0.25) is 0 Å². The molecule has 0 radical (unpaired) electrons. The molecule has 0 spiro atoms. The van der Waals surface area contributed by atoms with Crippen LogP contribution < -0.4 is 11.5 Å². The van der Waals surface area contributed by atoms with E-state index in [0.29, 0.717) is 19.4 Å². The molecule has 0 unspecified atom stereocenters. The molecule has 0 fully saturated rings. The maximum atomic E-state index is 11.3. The van der Waals surface area contributed by atoms with Crippen LogP contribution >= 0.6 is 0 Å². The van der Waals surface area contributed by atoms with E-state index in [0.717, 1.165) is 18.6 Å². The van der Waals surface area contributed by atoms with Gasteiger partial charge in [0, 0.05) is 6.08 Å². The number of hydrogen-bond donors (Lipinski definition) is 2. The molecule has 0 heterocycles. The molecule has 0 aromatic heterocycles. The van der Waals surface area contributed by atoms with E-state index >= 15 is 0 Å². The van der Waals surface area contributed by atoms with Gasteiger partial charge in [-0.25, -0.2) is 9.59 Å². The summed E-state index contributed by atoms with van der Waals surface area (Å²) in [7, 11) is 0. The first-order valence-corrected chi connectivity index (χ1v) is 5.37. The highest BCUT2D eigenvalue weighted by molar-refractivity contribution is 5.98. The zero-order valence-corrected chi connectivity index (χ0v) is 9.85. The number of hydrogen-bond acceptors (Lipinski definition) is 6. The molecule has 0 bridgehead atoms. The summed E-state index contributed by atoms with van der Waals surface area (Å²) in [4.78, 5) is 32.8. The SMILES string of the molecule is CC(=O)/C=C/C(=O)OC(=O)[C@@H](N)CCCCN. The monoisotopic (exact) mass is 242 g/mol. The van der Waals surface area contributed by atoms with E-state index in [1.807, 2.05) is 0 Å². The number of carbonyl (C=O) groups excluding carboxylic acids is 3. The topological polar surface area (TPSA) is 112 Å². The van der Waals surface area contributed by atoms with Gasteiger partial charge >= 0.3 is 11.9 Å². The van der Waals surface area contributed by atoms with Crippen molar-refractivity contribution in [3.63, 3.8) is 0 Å². The second kappa shape index (κ2) is 8.60. The highest BCUT2D eigenvalue weighted by Crippen LogP contribution is 2.00. The molecular formula is C11H18N2O4. The van der Waals surface area contributed by atoms with Crippen molar-refractivity contribution in [2.24, 2.45) is 11.5 Å². The standard InChI is InChI=1S/C11H18N2O4/c1-8(14)5-6-10(15)17-11(16)9(13)4-2-3-7-12/h5-6,9H,2-4,7,12-13H2,1H3/b6-5+/t9-/m0/s1. The third kappa shape index (κ3) is 8.29. The summed E-state index contributed by atoms with van der Waals surface area (Å²) in [5.74, 6) is -1.98. The molecule has 0 aromatic rings. The minimum absolute atomic E-state index is 0.304. The molecule has 1 atom stereocenters. The lowest BCUT2D eigenvalue weighted by atomic mass is 10.1. The van der Waals surface area contributed by atoms with Gasteiger partial charge in [0.25, 0.3) is 0 Å². The van der Waals surface area contributed by atoms with Gasteiger partial charge in [0.15, 0.2) is 5.78 Å². The lowest BCUT2D eigenvalue weighted by molar-refractivity contribution is -0.157. The van der Waals surface area contributed by atoms with Crippen LogP contribution in [0.4, 0.5) is 0 Å². The predicted molar refractivity (Wildman–Crippen MR) is 61.8 cm³/mol. The van der Waals surface area contributed by atoms with Crippen LogP contribution in [0.3, 0.4) is 0 Å². The van der Waals surface area contributed by atoms with Crippen LogP contribution in [0.15, 0.2) is 12.2 Å². The van der Waals surface area contributed by atoms with Crippen molar-refractivity contribution >= 4 is 17.7 Å². The predicted octanol–water partition coefficient (Wildman–Crippen LogP) is -0.342. The van der Waals surface area contributed by atoms with Crippen molar-refractivity contribution in [2.45, 2.75) is 32.2 Å². The van der Waals surface area contributed by atoms with E-state index in [4.69, 9.17) is 11.5 Å². The van der Waals surface area contributed by atoms with E-state index in [-0.39, 0.29) is 5.78 Å². The number of allylic oxidation sites excluding steroid dienone is 1. The van der Waals surface area contributed by atoms with Gasteiger partial charge in [0.1, 0.15) is 6.04 Å². The molecule has 0 aliphatic heterocycles. The summed E-state index contributed by atoms with van der Waals surface area (Å²) in [6, 6.07) is -0.837. The number of unbranched alkanes of at least 4 members (excludes halogenated alkanes) is 1. The quantitative estimate of drug-likeness (QED) is 0.273. The van der Waals surface area contributed by atoms with Gasteiger partial charge in [-0.15, -0.1) is 0 Å². The second-order valence-electron chi connectivity index (χ2n) is 3.58. The fraction of sp³-hybridized carbons (Fsp3) is 0.545. The number of ether oxygens (including phenoxy) is 1. The smallest absolute Gasteiger partial charge is 0.338 e. The molecule has 6 heteroatoms. The molecule has 0 saturated carbocycles. The Kier molecular flexibility index (Phi) is 7.83. The molecule has 4 N–H and O–H groups in total. The number of esters is 2. The second-order valence-corrected chi connectivity index (χ2v) is 3.58. The zero-order chi connectivity index (χ0) is 13.3. The third-order valence-corrected chi connectivity index (χ3v) is 1.93. The maximum Gasteiger partial charge on any atom is 0.338 e. The van der Waals surface area contributed by atoms with Crippen molar-refractivity contribution in [1.82, 2.24) is 0 Å². The zero-order valence-electron chi connectivity index (χ0n) is 9.85. The van der Waals surface area contributed by atoms with E-state index < -0.39 is 18.0 Å². The lowest BCUT2D eigenvalue weighted by Crippen LogP contribution is -2.33. The van der Waals surface area contributed by atoms with Crippen molar-refractivity contribution in [1.29, 1.82) is 0 Å². The Morgan fingerprint density at radius 3 is 2.41 bits per heavy atom. The molecule has 96 valence electrons. The summed E-state index contributed by atoms with van der Waals surface area (Å²) in [5, 5.41) is 0. The molecule has 0 aliphatic carbocycles. The van der Waals surface area contributed by atoms with Crippen LogP contribution in [0.1, 0.15) is 26.2 Å². The van der Waals surface area contributed by atoms with E-state index in [9.17, 15) is 14.4 Å². The van der Waals surface area contributed by atoms with Gasteiger partial charge in [0.2, 0.25) is 0 Å². The fourth-order valence-corrected chi connectivity index (χ4v) is 1.02. The van der Waals surface area contributed by atoms with Crippen molar-refractivity contribution in [2.75, 3.05) is 6.54 Å². The summed E-state index contributed by atoms with van der Waals surface area (Å²) >= 11 is 0. The minimum atomic E-state index is -0.889. The van der Waals surface area contributed by atoms with Crippen molar-refractivity contribution in [3.8, 4) is 0 Å². The minimum Gasteiger partial charge on any atom is -0.389 e. The molecule has 0 rings (SSSR count). The van der Waals surface area contributed by atoms with E-state index in [2.05, 4.69) is 4.74 Å². The van der Waals surface area contributed by atoms with Crippen LogP contribution in [0.25, 0.3) is 0 Å². The molecule has 0 aromatic carbocycles. The molecule has 17 heavy (non-hydrogen) atoms.